The fraction of sp³-hybridized carbons (Fsp3) is 0. The van der Waals surface area contributed by atoms with Gasteiger partial charge in [-0.25, -0.2) is 4.98 Å². The van der Waals surface area contributed by atoms with Crippen LogP contribution in [0, 0.1) is 11.3 Å². The van der Waals surface area contributed by atoms with E-state index < -0.39 is 0 Å². The number of aliphatic hydroxyl groups excluding tert-OH is 1. The summed E-state index contributed by atoms with van der Waals surface area (Å²) in [6, 6.07) is 8.94. The number of fused-ring (bicyclic) bond motifs is 1. The Morgan fingerprint density at radius 2 is 2.29 bits per heavy atom. The Kier molecular flexibility index (Phi) is 1.92. The second kappa shape index (κ2) is 3.23. The van der Waals surface area contributed by atoms with Gasteiger partial charge in [0.1, 0.15) is 23.4 Å². The van der Waals surface area contributed by atoms with Crippen molar-refractivity contribution in [1.82, 2.24) is 4.98 Å². The van der Waals surface area contributed by atoms with Crippen LogP contribution in [0.4, 0.5) is 0 Å². The zero-order chi connectivity index (χ0) is 9.97. The standard InChI is InChI=1S/C10H6N2O2/c11-5-7(6-13)10-12-8-3-1-2-4-9(8)14-10/h1-4,6,13H/b7-6+. The molecule has 0 unspecified atom stereocenters. The number of benzene rings is 1. The van der Waals surface area contributed by atoms with Crippen molar-refractivity contribution in [2.75, 3.05) is 0 Å². The third-order valence-electron chi connectivity index (χ3n) is 1.77. The maximum absolute atomic E-state index is 8.72. The molecule has 2 rings (SSSR count). The highest BCUT2D eigenvalue weighted by Gasteiger charge is 2.09. The lowest BCUT2D eigenvalue weighted by Crippen LogP contribution is -1.79. The number of aliphatic hydroxyl groups is 1. The van der Waals surface area contributed by atoms with Crippen molar-refractivity contribution in [3.63, 3.8) is 0 Å². The van der Waals surface area contributed by atoms with Crippen molar-refractivity contribution in [1.29, 1.82) is 5.26 Å². The van der Waals surface area contributed by atoms with Crippen LogP contribution < -0.4 is 0 Å². The van der Waals surface area contributed by atoms with Gasteiger partial charge < -0.3 is 9.52 Å². The largest absolute Gasteiger partial charge is 0.514 e. The number of hydrogen-bond acceptors (Lipinski definition) is 4. The summed E-state index contributed by atoms with van der Waals surface area (Å²) in [7, 11) is 0. The van der Waals surface area contributed by atoms with Gasteiger partial charge in [-0.05, 0) is 12.1 Å². The van der Waals surface area contributed by atoms with E-state index in [1.807, 2.05) is 12.1 Å². The van der Waals surface area contributed by atoms with E-state index in [9.17, 15) is 0 Å². The fourth-order valence-electron chi connectivity index (χ4n) is 1.12. The number of aromatic nitrogens is 1. The van der Waals surface area contributed by atoms with Gasteiger partial charge in [-0.2, -0.15) is 5.26 Å². The van der Waals surface area contributed by atoms with Gasteiger partial charge in [0, 0.05) is 0 Å². The van der Waals surface area contributed by atoms with Gasteiger partial charge in [0.2, 0.25) is 5.89 Å². The van der Waals surface area contributed by atoms with Crippen LogP contribution in [0.3, 0.4) is 0 Å². The van der Waals surface area contributed by atoms with Crippen molar-refractivity contribution in [2.24, 2.45) is 0 Å². The van der Waals surface area contributed by atoms with Crippen molar-refractivity contribution in [3.05, 3.63) is 36.4 Å². The van der Waals surface area contributed by atoms with E-state index in [1.165, 1.54) is 0 Å². The minimum Gasteiger partial charge on any atom is -0.514 e. The molecule has 0 saturated heterocycles. The number of nitriles is 1. The normalized spacial score (nSPS) is 11.5. The quantitative estimate of drug-likeness (QED) is 0.547. The highest BCUT2D eigenvalue weighted by Crippen LogP contribution is 2.19. The molecule has 0 aliphatic carbocycles. The first-order valence-electron chi connectivity index (χ1n) is 3.95. The molecule has 4 heteroatoms. The van der Waals surface area contributed by atoms with Crippen LogP contribution in [-0.4, -0.2) is 10.1 Å². The van der Waals surface area contributed by atoms with Crippen LogP contribution >= 0.6 is 0 Å². The number of nitrogens with zero attached hydrogens (tertiary/aromatic N) is 2. The van der Waals surface area contributed by atoms with Gasteiger partial charge in [0.25, 0.3) is 0 Å². The molecule has 1 N–H and O–H groups in total. The zero-order valence-corrected chi connectivity index (χ0v) is 7.14. The lowest BCUT2D eigenvalue weighted by atomic mass is 10.3. The Labute approximate surface area is 79.7 Å². The summed E-state index contributed by atoms with van der Waals surface area (Å²) in [5, 5.41) is 17.3. The summed E-state index contributed by atoms with van der Waals surface area (Å²) < 4.78 is 5.25. The summed E-state index contributed by atoms with van der Waals surface area (Å²) in [4.78, 5) is 4.04. The zero-order valence-electron chi connectivity index (χ0n) is 7.14. The van der Waals surface area contributed by atoms with E-state index in [2.05, 4.69) is 4.98 Å². The molecular formula is C10H6N2O2. The molecule has 1 heterocycles. The minimum absolute atomic E-state index is 0.0150. The first-order chi connectivity index (χ1) is 6.85. The number of allylic oxidation sites excluding steroid dienone is 1. The maximum atomic E-state index is 8.72. The van der Waals surface area contributed by atoms with E-state index in [0.29, 0.717) is 17.4 Å². The topological polar surface area (TPSA) is 70.0 Å². The minimum atomic E-state index is 0.0150. The number of oxazole rings is 1. The number of para-hydroxylation sites is 2. The molecule has 0 aliphatic heterocycles. The molecule has 0 amide bonds. The molecule has 68 valence electrons. The summed E-state index contributed by atoms with van der Waals surface area (Å²) >= 11 is 0. The van der Waals surface area contributed by atoms with Gasteiger partial charge in [0.15, 0.2) is 5.58 Å². The average Bonchev–Trinajstić information content (AvgIpc) is 2.63. The second-order valence-corrected chi connectivity index (χ2v) is 2.64. The molecule has 2 aromatic rings. The van der Waals surface area contributed by atoms with Gasteiger partial charge >= 0.3 is 0 Å². The fourth-order valence-corrected chi connectivity index (χ4v) is 1.12. The molecule has 14 heavy (non-hydrogen) atoms. The Bertz CT molecular complexity index is 501. The number of rotatable bonds is 1. The molecule has 0 spiro atoms. The molecular weight excluding hydrogens is 180 g/mol. The van der Waals surface area contributed by atoms with Crippen LogP contribution in [0.2, 0.25) is 0 Å². The molecule has 0 atom stereocenters. The molecule has 0 aliphatic rings. The van der Waals surface area contributed by atoms with Crippen LogP contribution in [0.1, 0.15) is 5.89 Å². The summed E-state index contributed by atoms with van der Waals surface area (Å²) in [5.41, 5.74) is 1.27. The van der Waals surface area contributed by atoms with Crippen LogP contribution in [0.15, 0.2) is 34.9 Å². The Morgan fingerprint density at radius 3 is 2.93 bits per heavy atom. The molecule has 0 saturated carbocycles. The van der Waals surface area contributed by atoms with Crippen LogP contribution in [0.5, 0.6) is 0 Å². The summed E-state index contributed by atoms with van der Waals surface area (Å²) in [6.07, 6.45) is 0.685. The Morgan fingerprint density at radius 1 is 1.50 bits per heavy atom. The third-order valence-corrected chi connectivity index (χ3v) is 1.77. The van der Waals surface area contributed by atoms with Crippen molar-refractivity contribution in [3.8, 4) is 6.07 Å². The maximum Gasteiger partial charge on any atom is 0.241 e. The van der Waals surface area contributed by atoms with Crippen molar-refractivity contribution in [2.45, 2.75) is 0 Å². The monoisotopic (exact) mass is 186 g/mol. The molecule has 1 aromatic heterocycles. The third kappa shape index (κ3) is 1.21. The number of hydrogen-bond donors (Lipinski definition) is 1. The first kappa shape index (κ1) is 8.32. The highest BCUT2D eigenvalue weighted by atomic mass is 16.3. The molecule has 0 bridgehead atoms. The summed E-state index contributed by atoms with van der Waals surface area (Å²) in [5.74, 6) is 0.135. The molecule has 0 fully saturated rings. The van der Waals surface area contributed by atoms with Crippen molar-refractivity contribution < 1.29 is 9.52 Å². The van der Waals surface area contributed by atoms with E-state index in [-0.39, 0.29) is 11.5 Å². The predicted molar refractivity (Wildman–Crippen MR) is 50.2 cm³/mol. The highest BCUT2D eigenvalue weighted by molar-refractivity contribution is 5.78. The molecule has 0 radical (unpaired) electrons. The predicted octanol–water partition coefficient (Wildman–Crippen LogP) is 2.25. The van der Waals surface area contributed by atoms with Crippen LogP contribution in [0.25, 0.3) is 16.7 Å². The van der Waals surface area contributed by atoms with Gasteiger partial charge in [-0.15, -0.1) is 0 Å². The van der Waals surface area contributed by atoms with Crippen molar-refractivity contribution >= 4 is 16.7 Å². The van der Waals surface area contributed by atoms with Gasteiger partial charge in [0.05, 0.1) is 0 Å². The lowest BCUT2D eigenvalue weighted by Gasteiger charge is -1.85. The molecule has 4 nitrogen and oxygen atoms in total. The van der Waals surface area contributed by atoms with E-state index in [0.717, 1.165) is 0 Å². The van der Waals surface area contributed by atoms with E-state index >= 15 is 0 Å². The van der Waals surface area contributed by atoms with E-state index in [4.69, 9.17) is 14.8 Å². The van der Waals surface area contributed by atoms with Gasteiger partial charge in [-0.1, -0.05) is 12.1 Å². The Balaban J connectivity index is 2.62. The van der Waals surface area contributed by atoms with E-state index in [1.54, 1.807) is 18.2 Å². The SMILES string of the molecule is N#C/C(=C\O)c1nc2ccccc2o1. The van der Waals surface area contributed by atoms with Crippen LogP contribution in [-0.2, 0) is 0 Å². The second-order valence-electron chi connectivity index (χ2n) is 2.64. The smallest absolute Gasteiger partial charge is 0.241 e. The summed E-state index contributed by atoms with van der Waals surface area (Å²) in [6.45, 7) is 0. The Hall–Kier alpha value is -2.28. The lowest BCUT2D eigenvalue weighted by molar-refractivity contribution is 0.473. The first-order valence-corrected chi connectivity index (χ1v) is 3.95. The van der Waals surface area contributed by atoms with Gasteiger partial charge in [-0.3, -0.25) is 0 Å². The molecule has 1 aromatic carbocycles. The average molecular weight is 186 g/mol.